The predicted molar refractivity (Wildman–Crippen MR) is 104 cm³/mol. The van der Waals surface area contributed by atoms with Gasteiger partial charge in [-0.1, -0.05) is 26.5 Å². The molecule has 0 aromatic rings. The van der Waals surface area contributed by atoms with E-state index in [0.29, 0.717) is 6.42 Å². The molecule has 1 unspecified atom stereocenters. The van der Waals surface area contributed by atoms with Crippen molar-refractivity contribution in [2.75, 3.05) is 19.8 Å². The Morgan fingerprint density at radius 1 is 1.00 bits per heavy atom. The summed E-state index contributed by atoms with van der Waals surface area (Å²) in [5, 5.41) is -1.24. The lowest BCUT2D eigenvalue weighted by Crippen LogP contribution is -2.44. The number of esters is 3. The predicted octanol–water partition coefficient (Wildman–Crippen LogP) is 1.16. The summed E-state index contributed by atoms with van der Waals surface area (Å²) in [7, 11) is -4.12. The van der Waals surface area contributed by atoms with Crippen LogP contribution in [0.1, 0.15) is 40.5 Å². The minimum Gasteiger partial charge on any atom is -0.464 e. The van der Waals surface area contributed by atoms with Gasteiger partial charge in [-0.25, -0.2) is 9.59 Å². The van der Waals surface area contributed by atoms with Crippen LogP contribution in [0.5, 0.6) is 0 Å². The minimum absolute atomic E-state index is 0.113. The van der Waals surface area contributed by atoms with Gasteiger partial charge in [-0.3, -0.25) is 4.79 Å². The second-order valence-corrected chi connectivity index (χ2v) is 8.72. The van der Waals surface area contributed by atoms with Gasteiger partial charge in [0, 0.05) is 11.1 Å². The summed E-state index contributed by atoms with van der Waals surface area (Å²) in [5.41, 5.74) is -1.32. The van der Waals surface area contributed by atoms with Crippen molar-refractivity contribution < 1.29 is 41.3 Å². The number of ether oxygens (including phenoxy) is 3. The highest BCUT2D eigenvalue weighted by Gasteiger charge is 2.43. The maximum absolute atomic E-state index is 12.8. The quantitative estimate of drug-likeness (QED) is 0.193. The standard InChI is InChI=1S/C18H29NO9S/c1-7-8-18(10-26-15(20)12(2)3,11-27-16(21)13(4)5)17(22)25-9-14(6)29(23,24)28-19/h14H,2,4,7-11,19H2,1,3,5-6H3. The van der Waals surface area contributed by atoms with Gasteiger partial charge in [0.15, 0.2) is 0 Å². The van der Waals surface area contributed by atoms with E-state index in [1.807, 2.05) is 0 Å². The summed E-state index contributed by atoms with van der Waals surface area (Å²) >= 11 is 0. The monoisotopic (exact) mass is 435 g/mol. The van der Waals surface area contributed by atoms with Crippen LogP contribution in [-0.4, -0.2) is 51.4 Å². The molecule has 0 aliphatic carbocycles. The topological polar surface area (TPSA) is 148 Å². The zero-order chi connectivity index (χ0) is 22.8. The molecule has 0 aliphatic rings. The Balaban J connectivity index is 5.59. The first-order valence-electron chi connectivity index (χ1n) is 8.77. The maximum atomic E-state index is 12.8. The van der Waals surface area contributed by atoms with Gasteiger partial charge >= 0.3 is 17.9 Å². The lowest BCUT2D eigenvalue weighted by molar-refractivity contribution is -0.170. The third-order valence-corrected chi connectivity index (χ3v) is 5.28. The molecule has 0 bridgehead atoms. The zero-order valence-corrected chi connectivity index (χ0v) is 18.0. The molecule has 0 rings (SSSR count). The van der Waals surface area contributed by atoms with E-state index in [1.165, 1.54) is 20.8 Å². The van der Waals surface area contributed by atoms with Crippen LogP contribution in [0.2, 0.25) is 0 Å². The molecule has 11 heteroatoms. The Morgan fingerprint density at radius 2 is 1.45 bits per heavy atom. The number of hydrogen-bond donors (Lipinski definition) is 1. The third kappa shape index (κ3) is 8.34. The summed E-state index contributed by atoms with van der Waals surface area (Å²) < 4.78 is 42.4. The van der Waals surface area contributed by atoms with Crippen LogP contribution < -0.4 is 5.90 Å². The van der Waals surface area contributed by atoms with Gasteiger partial charge in [-0.2, -0.15) is 18.6 Å². The first-order chi connectivity index (χ1) is 13.3. The summed E-state index contributed by atoms with van der Waals surface area (Å²) in [5.74, 6) is 2.33. The SMILES string of the molecule is C=C(C)C(=O)OCC(CCC)(COC(=O)C(=C)C)C(=O)OCC(C)S(=O)(=O)ON. The van der Waals surface area contributed by atoms with E-state index >= 15 is 0 Å². The van der Waals surface area contributed by atoms with Gasteiger partial charge in [0.2, 0.25) is 0 Å². The smallest absolute Gasteiger partial charge is 0.333 e. The van der Waals surface area contributed by atoms with E-state index in [9.17, 15) is 22.8 Å². The van der Waals surface area contributed by atoms with Crippen molar-refractivity contribution in [2.24, 2.45) is 11.3 Å². The van der Waals surface area contributed by atoms with E-state index in [-0.39, 0.29) is 17.6 Å². The van der Waals surface area contributed by atoms with E-state index in [1.54, 1.807) is 6.92 Å². The van der Waals surface area contributed by atoms with Gasteiger partial charge in [0.1, 0.15) is 30.5 Å². The molecular formula is C18H29NO9S. The van der Waals surface area contributed by atoms with E-state index in [0.717, 1.165) is 0 Å². The highest BCUT2D eigenvalue weighted by atomic mass is 32.2. The summed E-state index contributed by atoms with van der Waals surface area (Å²) in [6, 6.07) is 0. The lowest BCUT2D eigenvalue weighted by Gasteiger charge is -2.30. The van der Waals surface area contributed by atoms with E-state index in [4.69, 9.17) is 20.1 Å². The van der Waals surface area contributed by atoms with Crippen molar-refractivity contribution in [3.05, 3.63) is 24.3 Å². The number of hydrogen-bond acceptors (Lipinski definition) is 10. The van der Waals surface area contributed by atoms with Gasteiger partial charge in [-0.05, 0) is 27.2 Å². The van der Waals surface area contributed by atoms with Crippen molar-refractivity contribution >= 4 is 28.0 Å². The van der Waals surface area contributed by atoms with Gasteiger partial charge in [0.05, 0.1) is 0 Å². The molecule has 0 spiro atoms. The average molecular weight is 435 g/mol. The third-order valence-electron chi connectivity index (χ3n) is 3.89. The summed E-state index contributed by atoms with van der Waals surface area (Å²) in [4.78, 5) is 36.4. The van der Waals surface area contributed by atoms with Gasteiger partial charge < -0.3 is 14.2 Å². The Hall–Kier alpha value is -2.24. The molecule has 0 amide bonds. The molecule has 0 saturated carbocycles. The average Bonchev–Trinajstić information content (AvgIpc) is 2.66. The van der Waals surface area contributed by atoms with E-state index < -0.39 is 58.5 Å². The van der Waals surface area contributed by atoms with Crippen LogP contribution in [0, 0.1) is 5.41 Å². The molecule has 2 N–H and O–H groups in total. The number of carbonyl (C=O) groups is 3. The Bertz CT molecular complexity index is 712. The van der Waals surface area contributed by atoms with E-state index in [2.05, 4.69) is 17.4 Å². The molecule has 10 nitrogen and oxygen atoms in total. The van der Waals surface area contributed by atoms with Crippen molar-refractivity contribution in [3.63, 3.8) is 0 Å². The normalized spacial score (nSPS) is 12.6. The molecule has 29 heavy (non-hydrogen) atoms. The number of carbonyl (C=O) groups excluding carboxylic acids is 3. The van der Waals surface area contributed by atoms with Crippen molar-refractivity contribution in [1.82, 2.24) is 0 Å². The van der Waals surface area contributed by atoms with Crippen molar-refractivity contribution in [1.29, 1.82) is 0 Å². The maximum Gasteiger partial charge on any atom is 0.333 e. The molecular weight excluding hydrogens is 406 g/mol. The molecule has 166 valence electrons. The lowest BCUT2D eigenvalue weighted by atomic mass is 9.85. The first-order valence-corrected chi connectivity index (χ1v) is 10.2. The number of nitrogens with two attached hydrogens (primary N) is 1. The fourth-order valence-electron chi connectivity index (χ4n) is 2.06. The highest BCUT2D eigenvalue weighted by Crippen LogP contribution is 2.28. The highest BCUT2D eigenvalue weighted by molar-refractivity contribution is 7.87. The molecule has 0 radical (unpaired) electrons. The van der Waals surface area contributed by atoms with Crippen LogP contribution in [0.15, 0.2) is 24.3 Å². The van der Waals surface area contributed by atoms with Crippen LogP contribution >= 0.6 is 0 Å². The summed E-state index contributed by atoms with van der Waals surface area (Å²) in [6.45, 7) is 11.3. The van der Waals surface area contributed by atoms with Gasteiger partial charge in [-0.15, -0.1) is 0 Å². The molecule has 0 aliphatic heterocycles. The van der Waals surface area contributed by atoms with Crippen LogP contribution in [0.25, 0.3) is 0 Å². The second-order valence-electron chi connectivity index (χ2n) is 6.74. The largest absolute Gasteiger partial charge is 0.464 e. The fraction of sp³-hybridized carbons (Fsp3) is 0.611. The first kappa shape index (κ1) is 26.8. The summed E-state index contributed by atoms with van der Waals surface area (Å²) in [6.07, 6.45) is 0.581. The molecule has 0 fully saturated rings. The van der Waals surface area contributed by atoms with Crippen molar-refractivity contribution in [3.8, 4) is 0 Å². The van der Waals surface area contributed by atoms with Crippen LogP contribution in [-0.2, 0) is 43.0 Å². The molecule has 1 atom stereocenters. The second kappa shape index (κ2) is 11.7. The molecule has 0 aromatic heterocycles. The van der Waals surface area contributed by atoms with Gasteiger partial charge in [0.25, 0.3) is 10.1 Å². The molecule has 0 saturated heterocycles. The Labute approximate surface area is 171 Å². The minimum atomic E-state index is -4.12. The van der Waals surface area contributed by atoms with Crippen LogP contribution in [0.4, 0.5) is 0 Å². The van der Waals surface area contributed by atoms with Crippen LogP contribution in [0.3, 0.4) is 0 Å². The Kier molecular flexibility index (Phi) is 10.8. The van der Waals surface area contributed by atoms with Crippen molar-refractivity contribution in [2.45, 2.75) is 45.8 Å². The fourth-order valence-corrected chi connectivity index (χ4v) is 2.49. The Morgan fingerprint density at radius 3 is 1.79 bits per heavy atom. The molecule has 0 aromatic carbocycles. The zero-order valence-electron chi connectivity index (χ0n) is 17.2. The number of rotatable bonds is 13. The molecule has 0 heterocycles.